The standard InChI is InChI=1S/C25H24N6O/c26-15-17-6-9-20(14-23(17)29-19-7-10-21(32)11-8-19)31-13-12-22-24(27-16-28-25(22)31)30-18-4-2-1-3-5-18/h1-6,9,12-14,16,19,21,29,32H,7-8,10-11H2,(H,27,28,30). The molecule has 1 fully saturated rings. The van der Waals surface area contributed by atoms with Gasteiger partial charge in [0.15, 0.2) is 0 Å². The van der Waals surface area contributed by atoms with Gasteiger partial charge in [-0.1, -0.05) is 18.2 Å². The minimum absolute atomic E-state index is 0.209. The quantitative estimate of drug-likeness (QED) is 0.428. The van der Waals surface area contributed by atoms with E-state index in [0.29, 0.717) is 5.56 Å². The van der Waals surface area contributed by atoms with Crippen molar-refractivity contribution in [3.8, 4) is 11.8 Å². The highest BCUT2D eigenvalue weighted by Crippen LogP contribution is 2.29. The number of nitrogens with zero attached hydrogens (tertiary/aromatic N) is 4. The second-order valence-corrected chi connectivity index (χ2v) is 8.13. The molecular formula is C25H24N6O. The average molecular weight is 425 g/mol. The first kappa shape index (κ1) is 20.0. The maximum atomic E-state index is 9.78. The molecule has 2 heterocycles. The molecule has 2 aromatic carbocycles. The first-order valence-corrected chi connectivity index (χ1v) is 10.8. The zero-order valence-electron chi connectivity index (χ0n) is 17.6. The topological polar surface area (TPSA) is 98.8 Å². The van der Waals surface area contributed by atoms with Gasteiger partial charge in [0.25, 0.3) is 0 Å². The summed E-state index contributed by atoms with van der Waals surface area (Å²) in [5.74, 6) is 0.743. The van der Waals surface area contributed by atoms with Gasteiger partial charge in [0, 0.05) is 23.6 Å². The Morgan fingerprint density at radius 2 is 1.81 bits per heavy atom. The van der Waals surface area contributed by atoms with Gasteiger partial charge >= 0.3 is 0 Å². The molecule has 7 heteroatoms. The molecule has 0 aliphatic heterocycles. The van der Waals surface area contributed by atoms with Crippen molar-refractivity contribution < 1.29 is 5.11 Å². The minimum Gasteiger partial charge on any atom is -0.393 e. The number of nitriles is 1. The van der Waals surface area contributed by atoms with E-state index in [1.807, 2.05) is 65.4 Å². The average Bonchev–Trinajstić information content (AvgIpc) is 3.26. The van der Waals surface area contributed by atoms with Crippen LogP contribution in [0.1, 0.15) is 31.2 Å². The summed E-state index contributed by atoms with van der Waals surface area (Å²) in [6, 6.07) is 20.2. The maximum Gasteiger partial charge on any atom is 0.150 e. The fourth-order valence-electron chi connectivity index (χ4n) is 4.26. The molecule has 3 N–H and O–H groups in total. The summed E-state index contributed by atoms with van der Waals surface area (Å²) >= 11 is 0. The van der Waals surface area contributed by atoms with Crippen LogP contribution in [0.25, 0.3) is 16.7 Å². The van der Waals surface area contributed by atoms with Crippen LogP contribution in [-0.4, -0.2) is 31.8 Å². The molecule has 4 aromatic rings. The first-order valence-electron chi connectivity index (χ1n) is 10.8. The van der Waals surface area contributed by atoms with Crippen molar-refractivity contribution in [2.75, 3.05) is 10.6 Å². The van der Waals surface area contributed by atoms with Crippen molar-refractivity contribution in [3.05, 3.63) is 72.7 Å². The van der Waals surface area contributed by atoms with Crippen molar-refractivity contribution in [2.24, 2.45) is 0 Å². The number of aliphatic hydroxyl groups is 1. The van der Waals surface area contributed by atoms with Crippen LogP contribution in [0, 0.1) is 11.3 Å². The highest BCUT2D eigenvalue weighted by atomic mass is 16.3. The number of para-hydroxylation sites is 1. The lowest BCUT2D eigenvalue weighted by atomic mass is 9.93. The van der Waals surface area contributed by atoms with Gasteiger partial charge in [-0.05, 0) is 62.1 Å². The van der Waals surface area contributed by atoms with Gasteiger partial charge in [0.1, 0.15) is 23.9 Å². The lowest BCUT2D eigenvalue weighted by molar-refractivity contribution is 0.126. The SMILES string of the molecule is N#Cc1ccc(-n2ccc3c(Nc4ccccc4)ncnc32)cc1NC1CCC(O)CC1. The Morgan fingerprint density at radius 1 is 1.00 bits per heavy atom. The molecule has 7 nitrogen and oxygen atoms in total. The monoisotopic (exact) mass is 424 g/mol. The number of anilines is 3. The molecule has 1 saturated carbocycles. The van der Waals surface area contributed by atoms with Crippen LogP contribution in [0.4, 0.5) is 17.2 Å². The van der Waals surface area contributed by atoms with E-state index >= 15 is 0 Å². The van der Waals surface area contributed by atoms with Gasteiger partial charge in [-0.15, -0.1) is 0 Å². The Bertz CT molecular complexity index is 1270. The van der Waals surface area contributed by atoms with E-state index in [9.17, 15) is 10.4 Å². The zero-order valence-corrected chi connectivity index (χ0v) is 17.6. The lowest BCUT2D eigenvalue weighted by Gasteiger charge is -2.27. The number of fused-ring (bicyclic) bond motifs is 1. The molecule has 0 amide bonds. The molecule has 160 valence electrons. The van der Waals surface area contributed by atoms with Crippen molar-refractivity contribution in [2.45, 2.75) is 37.8 Å². The molecule has 0 atom stereocenters. The third-order valence-electron chi connectivity index (χ3n) is 5.98. The van der Waals surface area contributed by atoms with E-state index in [-0.39, 0.29) is 12.1 Å². The van der Waals surface area contributed by atoms with Gasteiger partial charge in [-0.2, -0.15) is 5.26 Å². The summed E-state index contributed by atoms with van der Waals surface area (Å²) in [4.78, 5) is 8.94. The summed E-state index contributed by atoms with van der Waals surface area (Å²) < 4.78 is 2.00. The van der Waals surface area contributed by atoms with Crippen LogP contribution in [0.2, 0.25) is 0 Å². The van der Waals surface area contributed by atoms with Crippen LogP contribution < -0.4 is 10.6 Å². The van der Waals surface area contributed by atoms with Gasteiger partial charge < -0.3 is 20.3 Å². The van der Waals surface area contributed by atoms with Gasteiger partial charge in [0.05, 0.1) is 22.7 Å². The van der Waals surface area contributed by atoms with Crippen LogP contribution in [0.5, 0.6) is 0 Å². The van der Waals surface area contributed by atoms with E-state index < -0.39 is 0 Å². The highest BCUT2D eigenvalue weighted by Gasteiger charge is 2.20. The number of aliphatic hydroxyl groups excluding tert-OH is 1. The predicted molar refractivity (Wildman–Crippen MR) is 125 cm³/mol. The molecule has 1 aliphatic rings. The Labute approximate surface area is 186 Å². The molecule has 0 radical (unpaired) electrons. The zero-order chi connectivity index (χ0) is 21.9. The molecule has 0 spiro atoms. The molecule has 1 aliphatic carbocycles. The molecular weight excluding hydrogens is 400 g/mol. The molecule has 5 rings (SSSR count). The maximum absolute atomic E-state index is 9.78. The minimum atomic E-state index is -0.209. The summed E-state index contributed by atoms with van der Waals surface area (Å²) in [6.45, 7) is 0. The van der Waals surface area contributed by atoms with Crippen LogP contribution >= 0.6 is 0 Å². The summed E-state index contributed by atoms with van der Waals surface area (Å²) in [7, 11) is 0. The molecule has 2 aromatic heterocycles. The van der Waals surface area contributed by atoms with E-state index in [1.165, 1.54) is 0 Å². The van der Waals surface area contributed by atoms with E-state index in [2.05, 4.69) is 26.7 Å². The second kappa shape index (κ2) is 8.69. The Balaban J connectivity index is 1.47. The van der Waals surface area contributed by atoms with E-state index in [1.54, 1.807) is 6.33 Å². The number of hydrogen-bond acceptors (Lipinski definition) is 6. The molecule has 32 heavy (non-hydrogen) atoms. The number of hydrogen-bond donors (Lipinski definition) is 3. The number of nitrogens with one attached hydrogen (secondary N) is 2. The first-order chi connectivity index (χ1) is 15.7. The third kappa shape index (κ3) is 4.01. The fraction of sp³-hybridized carbons (Fsp3) is 0.240. The van der Waals surface area contributed by atoms with Crippen LogP contribution in [0.3, 0.4) is 0 Å². The largest absolute Gasteiger partial charge is 0.393 e. The second-order valence-electron chi connectivity index (χ2n) is 8.13. The van der Waals surface area contributed by atoms with Gasteiger partial charge in [-0.3, -0.25) is 0 Å². The number of aromatic nitrogens is 3. The van der Waals surface area contributed by atoms with Crippen molar-refractivity contribution in [1.29, 1.82) is 5.26 Å². The summed E-state index contributed by atoms with van der Waals surface area (Å²) in [5, 5.41) is 27.2. The highest BCUT2D eigenvalue weighted by molar-refractivity contribution is 5.90. The number of benzene rings is 2. The molecule has 0 unspecified atom stereocenters. The van der Waals surface area contributed by atoms with E-state index in [4.69, 9.17) is 0 Å². The third-order valence-corrected chi connectivity index (χ3v) is 5.98. The van der Waals surface area contributed by atoms with Crippen molar-refractivity contribution in [3.63, 3.8) is 0 Å². The van der Waals surface area contributed by atoms with Gasteiger partial charge in [-0.25, -0.2) is 9.97 Å². The lowest BCUT2D eigenvalue weighted by Crippen LogP contribution is -2.28. The normalized spacial score (nSPS) is 18.2. The van der Waals surface area contributed by atoms with Crippen molar-refractivity contribution >= 4 is 28.2 Å². The Kier molecular flexibility index (Phi) is 5.44. The summed E-state index contributed by atoms with van der Waals surface area (Å²) in [6.07, 6.45) is 6.68. The van der Waals surface area contributed by atoms with Crippen LogP contribution in [-0.2, 0) is 0 Å². The van der Waals surface area contributed by atoms with E-state index in [0.717, 1.165) is 59.6 Å². The van der Waals surface area contributed by atoms with Crippen LogP contribution in [0.15, 0.2) is 67.1 Å². The fourth-order valence-corrected chi connectivity index (χ4v) is 4.26. The predicted octanol–water partition coefficient (Wildman–Crippen LogP) is 4.75. The Hall–Kier alpha value is -3.89. The molecule has 0 bridgehead atoms. The van der Waals surface area contributed by atoms with Gasteiger partial charge in [0.2, 0.25) is 0 Å². The number of rotatable bonds is 5. The smallest absolute Gasteiger partial charge is 0.150 e. The summed E-state index contributed by atoms with van der Waals surface area (Å²) in [5.41, 5.74) is 4.08. The Morgan fingerprint density at radius 3 is 2.59 bits per heavy atom. The van der Waals surface area contributed by atoms with Crippen molar-refractivity contribution in [1.82, 2.24) is 14.5 Å². The molecule has 0 saturated heterocycles.